The molecule has 0 bridgehead atoms. The standard InChI is InChI=1S/C6H11N3S2/c1-4(2)10-3-5-6(7)8-9-11-5/h4H,3,7H2,1-2H3. The van der Waals surface area contributed by atoms with E-state index in [4.69, 9.17) is 5.73 Å². The Bertz CT molecular complexity index is 221. The maximum atomic E-state index is 5.55. The maximum Gasteiger partial charge on any atom is 0.162 e. The molecule has 0 aromatic carbocycles. The predicted octanol–water partition coefficient (Wildman–Crippen LogP) is 1.76. The minimum absolute atomic E-state index is 0.586. The van der Waals surface area contributed by atoms with Gasteiger partial charge in [0.25, 0.3) is 0 Å². The Balaban J connectivity index is 2.44. The average molecular weight is 189 g/mol. The van der Waals surface area contributed by atoms with E-state index in [-0.39, 0.29) is 0 Å². The van der Waals surface area contributed by atoms with Gasteiger partial charge in [-0.2, -0.15) is 11.8 Å². The molecule has 1 heterocycles. The van der Waals surface area contributed by atoms with Crippen molar-refractivity contribution in [2.24, 2.45) is 0 Å². The van der Waals surface area contributed by atoms with Crippen LogP contribution in [-0.2, 0) is 5.75 Å². The van der Waals surface area contributed by atoms with Gasteiger partial charge in [0.2, 0.25) is 0 Å². The summed E-state index contributed by atoms with van der Waals surface area (Å²) in [6, 6.07) is 0. The molecular weight excluding hydrogens is 178 g/mol. The Kier molecular flexibility index (Phi) is 3.14. The van der Waals surface area contributed by atoms with Crippen LogP contribution < -0.4 is 5.73 Å². The van der Waals surface area contributed by atoms with Crippen molar-refractivity contribution in [1.29, 1.82) is 0 Å². The van der Waals surface area contributed by atoms with Gasteiger partial charge >= 0.3 is 0 Å². The SMILES string of the molecule is CC(C)SCc1snnc1N. The van der Waals surface area contributed by atoms with Crippen LogP contribution in [0.4, 0.5) is 5.82 Å². The van der Waals surface area contributed by atoms with Crippen LogP contribution in [0.1, 0.15) is 18.7 Å². The maximum absolute atomic E-state index is 5.55. The van der Waals surface area contributed by atoms with Gasteiger partial charge in [0.05, 0.1) is 4.88 Å². The number of thioether (sulfide) groups is 1. The molecule has 1 aromatic heterocycles. The molecular formula is C6H11N3S2. The van der Waals surface area contributed by atoms with Gasteiger partial charge in [-0.05, 0) is 16.8 Å². The van der Waals surface area contributed by atoms with Crippen LogP contribution in [0, 0.1) is 0 Å². The fourth-order valence-corrected chi connectivity index (χ4v) is 1.97. The largest absolute Gasteiger partial charge is 0.381 e. The van der Waals surface area contributed by atoms with Gasteiger partial charge in [0.15, 0.2) is 5.82 Å². The van der Waals surface area contributed by atoms with E-state index in [2.05, 4.69) is 23.4 Å². The van der Waals surface area contributed by atoms with Crippen molar-refractivity contribution < 1.29 is 0 Å². The second kappa shape index (κ2) is 3.92. The molecule has 11 heavy (non-hydrogen) atoms. The molecule has 1 rings (SSSR count). The van der Waals surface area contributed by atoms with Crippen molar-refractivity contribution >= 4 is 29.1 Å². The van der Waals surface area contributed by atoms with E-state index in [1.807, 2.05) is 11.8 Å². The predicted molar refractivity (Wildman–Crippen MR) is 50.8 cm³/mol. The number of anilines is 1. The Morgan fingerprint density at radius 3 is 2.82 bits per heavy atom. The van der Waals surface area contributed by atoms with Crippen LogP contribution in [0.5, 0.6) is 0 Å². The van der Waals surface area contributed by atoms with E-state index in [1.165, 1.54) is 11.5 Å². The highest BCUT2D eigenvalue weighted by molar-refractivity contribution is 7.99. The summed E-state index contributed by atoms with van der Waals surface area (Å²) in [5.74, 6) is 1.52. The van der Waals surface area contributed by atoms with Crippen LogP contribution in [0.3, 0.4) is 0 Å². The highest BCUT2D eigenvalue weighted by atomic mass is 32.2. The first-order valence-electron chi connectivity index (χ1n) is 3.38. The number of hydrogen-bond donors (Lipinski definition) is 1. The van der Waals surface area contributed by atoms with Crippen molar-refractivity contribution in [2.75, 3.05) is 5.73 Å². The molecule has 2 N–H and O–H groups in total. The normalized spacial score (nSPS) is 10.8. The molecule has 0 aliphatic heterocycles. The molecule has 0 fully saturated rings. The van der Waals surface area contributed by atoms with Crippen LogP contribution in [0.15, 0.2) is 0 Å². The molecule has 0 saturated carbocycles. The minimum atomic E-state index is 0.586. The summed E-state index contributed by atoms with van der Waals surface area (Å²) < 4.78 is 3.75. The first kappa shape index (κ1) is 8.80. The number of nitrogens with zero attached hydrogens (tertiary/aromatic N) is 2. The Labute approximate surface area is 74.5 Å². The van der Waals surface area contributed by atoms with Crippen molar-refractivity contribution in [1.82, 2.24) is 9.59 Å². The van der Waals surface area contributed by atoms with Crippen LogP contribution in [0.25, 0.3) is 0 Å². The number of hydrogen-bond acceptors (Lipinski definition) is 5. The molecule has 0 aliphatic rings. The summed E-state index contributed by atoms with van der Waals surface area (Å²) >= 11 is 3.24. The lowest BCUT2D eigenvalue weighted by Crippen LogP contribution is -1.92. The summed E-state index contributed by atoms with van der Waals surface area (Å²) in [4.78, 5) is 1.09. The molecule has 0 atom stereocenters. The first-order valence-corrected chi connectivity index (χ1v) is 5.20. The number of nitrogens with two attached hydrogens (primary N) is 1. The Hall–Kier alpha value is -0.290. The van der Waals surface area contributed by atoms with Crippen molar-refractivity contribution in [3.05, 3.63) is 4.88 Å². The van der Waals surface area contributed by atoms with Gasteiger partial charge in [-0.15, -0.1) is 5.10 Å². The molecule has 62 valence electrons. The molecule has 0 aliphatic carbocycles. The molecule has 0 saturated heterocycles. The van der Waals surface area contributed by atoms with Crippen LogP contribution in [0.2, 0.25) is 0 Å². The van der Waals surface area contributed by atoms with Gasteiger partial charge in [-0.25, -0.2) is 0 Å². The lowest BCUT2D eigenvalue weighted by atomic mass is 10.6. The van der Waals surface area contributed by atoms with Crippen molar-refractivity contribution in [3.63, 3.8) is 0 Å². The van der Waals surface area contributed by atoms with Gasteiger partial charge in [-0.3, -0.25) is 0 Å². The van der Waals surface area contributed by atoms with Gasteiger partial charge in [0.1, 0.15) is 0 Å². The van der Waals surface area contributed by atoms with E-state index in [1.54, 1.807) is 0 Å². The summed E-state index contributed by atoms with van der Waals surface area (Å²) in [5.41, 5.74) is 5.55. The highest BCUT2D eigenvalue weighted by Crippen LogP contribution is 2.22. The summed E-state index contributed by atoms with van der Waals surface area (Å²) in [6.07, 6.45) is 0. The van der Waals surface area contributed by atoms with E-state index < -0.39 is 0 Å². The molecule has 0 amide bonds. The topological polar surface area (TPSA) is 51.8 Å². The average Bonchev–Trinajstić information content (AvgIpc) is 2.31. The molecule has 3 nitrogen and oxygen atoms in total. The lowest BCUT2D eigenvalue weighted by molar-refractivity contribution is 1.11. The second-order valence-corrected chi connectivity index (χ2v) is 4.84. The zero-order valence-electron chi connectivity index (χ0n) is 6.57. The quantitative estimate of drug-likeness (QED) is 0.787. The molecule has 1 aromatic rings. The molecule has 0 spiro atoms. The first-order chi connectivity index (χ1) is 5.20. The smallest absolute Gasteiger partial charge is 0.162 e. The zero-order valence-corrected chi connectivity index (χ0v) is 8.21. The fraction of sp³-hybridized carbons (Fsp3) is 0.667. The molecule has 0 unspecified atom stereocenters. The van der Waals surface area contributed by atoms with E-state index in [0.29, 0.717) is 11.1 Å². The van der Waals surface area contributed by atoms with E-state index in [0.717, 1.165) is 10.6 Å². The highest BCUT2D eigenvalue weighted by Gasteiger charge is 2.04. The van der Waals surface area contributed by atoms with Gasteiger partial charge in [-0.1, -0.05) is 18.3 Å². The Morgan fingerprint density at radius 1 is 1.64 bits per heavy atom. The van der Waals surface area contributed by atoms with Crippen molar-refractivity contribution in [3.8, 4) is 0 Å². The van der Waals surface area contributed by atoms with E-state index >= 15 is 0 Å². The van der Waals surface area contributed by atoms with Crippen molar-refractivity contribution in [2.45, 2.75) is 24.9 Å². The number of nitrogen functional groups attached to an aromatic ring is 1. The third-order valence-corrected chi connectivity index (χ3v) is 3.17. The zero-order chi connectivity index (χ0) is 8.27. The number of rotatable bonds is 3. The van der Waals surface area contributed by atoms with Crippen LogP contribution in [-0.4, -0.2) is 14.8 Å². The summed E-state index contributed by atoms with van der Waals surface area (Å²) in [7, 11) is 0. The minimum Gasteiger partial charge on any atom is -0.381 e. The lowest BCUT2D eigenvalue weighted by Gasteiger charge is -2.01. The molecule has 0 radical (unpaired) electrons. The van der Waals surface area contributed by atoms with E-state index in [9.17, 15) is 0 Å². The fourth-order valence-electron chi connectivity index (χ4n) is 0.559. The summed E-state index contributed by atoms with van der Waals surface area (Å²) in [5, 5.41) is 4.36. The monoisotopic (exact) mass is 189 g/mol. The van der Waals surface area contributed by atoms with Crippen LogP contribution >= 0.6 is 23.3 Å². The molecule has 5 heteroatoms. The van der Waals surface area contributed by atoms with Gasteiger partial charge in [0, 0.05) is 5.75 Å². The van der Waals surface area contributed by atoms with Gasteiger partial charge < -0.3 is 5.73 Å². The third kappa shape index (κ3) is 2.67. The number of aromatic nitrogens is 2. The Morgan fingerprint density at radius 2 is 2.36 bits per heavy atom. The summed E-state index contributed by atoms with van der Waals surface area (Å²) in [6.45, 7) is 4.32. The second-order valence-electron chi connectivity index (χ2n) is 2.44. The third-order valence-electron chi connectivity index (χ3n) is 1.13.